The Kier molecular flexibility index (Phi) is 4.60. The van der Waals surface area contributed by atoms with Crippen LogP contribution in [0.5, 0.6) is 0 Å². The van der Waals surface area contributed by atoms with E-state index in [-0.39, 0.29) is 23.9 Å². The highest BCUT2D eigenvalue weighted by Gasteiger charge is 2.36. The van der Waals surface area contributed by atoms with Crippen molar-refractivity contribution in [3.05, 3.63) is 21.9 Å². The second kappa shape index (κ2) is 6.03. The summed E-state index contributed by atoms with van der Waals surface area (Å²) in [4.78, 5) is 16.9. The first kappa shape index (κ1) is 14.5. The second-order valence-electron chi connectivity index (χ2n) is 5.11. The number of hydrogen-bond donors (Lipinski definition) is 1. The Balaban J connectivity index is 2.06. The molecule has 0 aromatic carbocycles. The number of carbonyl (C=O) groups is 1. The molecule has 0 aliphatic carbocycles. The summed E-state index contributed by atoms with van der Waals surface area (Å²) in [6.07, 6.45) is 0. The largest absolute Gasteiger partial charge is 0.379 e. The number of carbonyl (C=O) groups excluding carboxylic acids is 1. The van der Waals surface area contributed by atoms with Crippen molar-refractivity contribution in [3.63, 3.8) is 0 Å². The Morgan fingerprint density at radius 1 is 1.53 bits per heavy atom. The van der Waals surface area contributed by atoms with Crippen LogP contribution >= 0.6 is 11.3 Å². The Hall–Kier alpha value is -0.910. The van der Waals surface area contributed by atoms with Crippen LogP contribution in [0.1, 0.15) is 22.7 Å². The zero-order chi connectivity index (χ0) is 14.0. The number of aryl methyl sites for hydroxylation is 1. The predicted molar refractivity (Wildman–Crippen MR) is 77.4 cm³/mol. The predicted octanol–water partition coefficient (Wildman–Crippen LogP) is 1.81. The van der Waals surface area contributed by atoms with Gasteiger partial charge in [-0.15, -0.1) is 11.3 Å². The number of amides is 1. The van der Waals surface area contributed by atoms with Crippen LogP contribution in [-0.2, 0) is 9.53 Å². The second-order valence-corrected chi connectivity index (χ2v) is 6.43. The summed E-state index contributed by atoms with van der Waals surface area (Å²) >= 11 is 1.75. The standard InChI is InChI=1S/C14H22N2O2S/c1-9-5-6-13(19-9)10(2)16(4)14(17)11-7-18-8-12(11)15-3/h5-6,10-12,15H,7-8H2,1-4H3. The van der Waals surface area contributed by atoms with Crippen molar-refractivity contribution in [1.29, 1.82) is 0 Å². The molecule has 5 heteroatoms. The maximum atomic E-state index is 12.5. The molecule has 0 bridgehead atoms. The van der Waals surface area contributed by atoms with Gasteiger partial charge in [-0.1, -0.05) is 0 Å². The van der Waals surface area contributed by atoms with Crippen LogP contribution in [0.4, 0.5) is 0 Å². The first-order chi connectivity index (χ1) is 9.04. The highest BCUT2D eigenvalue weighted by Crippen LogP contribution is 2.28. The van der Waals surface area contributed by atoms with Gasteiger partial charge in [-0.05, 0) is 33.0 Å². The molecule has 1 aromatic rings. The molecule has 3 atom stereocenters. The van der Waals surface area contributed by atoms with Crippen LogP contribution in [0.25, 0.3) is 0 Å². The average molecular weight is 282 g/mol. The minimum Gasteiger partial charge on any atom is -0.379 e. The van der Waals surface area contributed by atoms with Gasteiger partial charge in [0.25, 0.3) is 0 Å². The first-order valence-corrected chi connectivity index (χ1v) is 7.44. The highest BCUT2D eigenvalue weighted by molar-refractivity contribution is 7.12. The van der Waals surface area contributed by atoms with E-state index in [4.69, 9.17) is 4.74 Å². The SMILES string of the molecule is CNC1COCC1C(=O)N(C)C(C)c1ccc(C)s1. The van der Waals surface area contributed by atoms with E-state index >= 15 is 0 Å². The van der Waals surface area contributed by atoms with Gasteiger partial charge in [-0.2, -0.15) is 0 Å². The smallest absolute Gasteiger partial charge is 0.229 e. The van der Waals surface area contributed by atoms with E-state index in [2.05, 4.69) is 31.3 Å². The van der Waals surface area contributed by atoms with Gasteiger partial charge < -0.3 is 15.0 Å². The zero-order valence-electron chi connectivity index (χ0n) is 12.0. The molecule has 1 N–H and O–H groups in total. The lowest BCUT2D eigenvalue weighted by Gasteiger charge is -2.28. The normalized spacial score (nSPS) is 24.4. The molecule has 1 aliphatic rings. The molecule has 2 rings (SSSR count). The summed E-state index contributed by atoms with van der Waals surface area (Å²) in [7, 11) is 3.76. The van der Waals surface area contributed by atoms with Gasteiger partial charge in [0.05, 0.1) is 25.2 Å². The van der Waals surface area contributed by atoms with Crippen molar-refractivity contribution in [2.45, 2.75) is 25.9 Å². The summed E-state index contributed by atoms with van der Waals surface area (Å²) in [5.74, 6) is 0.0916. The molecule has 1 aliphatic heterocycles. The van der Waals surface area contributed by atoms with Crippen LogP contribution in [0.2, 0.25) is 0 Å². The summed E-state index contributed by atoms with van der Waals surface area (Å²) < 4.78 is 5.41. The molecule has 0 spiro atoms. The van der Waals surface area contributed by atoms with Gasteiger partial charge in [0, 0.05) is 22.8 Å². The lowest BCUT2D eigenvalue weighted by atomic mass is 10.0. The minimum atomic E-state index is -0.0708. The number of ether oxygens (including phenoxy) is 1. The monoisotopic (exact) mass is 282 g/mol. The number of nitrogens with zero attached hydrogens (tertiary/aromatic N) is 1. The van der Waals surface area contributed by atoms with Crippen LogP contribution < -0.4 is 5.32 Å². The topological polar surface area (TPSA) is 41.6 Å². The zero-order valence-corrected chi connectivity index (χ0v) is 12.8. The van der Waals surface area contributed by atoms with Crippen molar-refractivity contribution in [3.8, 4) is 0 Å². The van der Waals surface area contributed by atoms with Gasteiger partial charge in [0.2, 0.25) is 5.91 Å². The van der Waals surface area contributed by atoms with E-state index in [0.29, 0.717) is 13.2 Å². The summed E-state index contributed by atoms with van der Waals surface area (Å²) in [5.41, 5.74) is 0. The molecule has 3 unspecified atom stereocenters. The number of hydrogen-bond acceptors (Lipinski definition) is 4. The van der Waals surface area contributed by atoms with E-state index in [9.17, 15) is 4.79 Å². The van der Waals surface area contributed by atoms with Crippen LogP contribution in [-0.4, -0.2) is 44.2 Å². The molecule has 19 heavy (non-hydrogen) atoms. The van der Waals surface area contributed by atoms with Gasteiger partial charge in [0.15, 0.2) is 0 Å². The maximum Gasteiger partial charge on any atom is 0.229 e. The Labute approximate surface area is 118 Å². The lowest BCUT2D eigenvalue weighted by molar-refractivity contribution is -0.136. The number of likely N-dealkylation sites (N-methyl/N-ethyl adjacent to an activating group) is 1. The third-order valence-corrected chi connectivity index (χ3v) is 5.04. The van der Waals surface area contributed by atoms with E-state index in [0.717, 1.165) is 0 Å². The molecule has 0 saturated carbocycles. The number of thiophene rings is 1. The highest BCUT2D eigenvalue weighted by atomic mass is 32.1. The number of nitrogens with one attached hydrogen (secondary N) is 1. The summed E-state index contributed by atoms with van der Waals surface area (Å²) in [6, 6.07) is 4.45. The fourth-order valence-electron chi connectivity index (χ4n) is 2.40. The van der Waals surface area contributed by atoms with Gasteiger partial charge in [-0.3, -0.25) is 4.79 Å². The third kappa shape index (κ3) is 2.99. The molecular formula is C14H22N2O2S. The van der Waals surface area contributed by atoms with E-state index in [1.54, 1.807) is 11.3 Å². The Morgan fingerprint density at radius 3 is 2.84 bits per heavy atom. The fraction of sp³-hybridized carbons (Fsp3) is 0.643. The van der Waals surface area contributed by atoms with Crippen LogP contribution in [0.3, 0.4) is 0 Å². The molecule has 106 valence electrons. The number of rotatable bonds is 4. The molecule has 1 saturated heterocycles. The molecule has 1 amide bonds. The van der Waals surface area contributed by atoms with Gasteiger partial charge in [0.1, 0.15) is 0 Å². The first-order valence-electron chi connectivity index (χ1n) is 6.62. The van der Waals surface area contributed by atoms with E-state index < -0.39 is 0 Å². The Morgan fingerprint density at radius 2 is 2.26 bits per heavy atom. The molecule has 1 aromatic heterocycles. The van der Waals surface area contributed by atoms with Crippen molar-refractivity contribution < 1.29 is 9.53 Å². The van der Waals surface area contributed by atoms with Crippen molar-refractivity contribution in [1.82, 2.24) is 10.2 Å². The molecular weight excluding hydrogens is 260 g/mol. The average Bonchev–Trinajstić information content (AvgIpc) is 3.04. The van der Waals surface area contributed by atoms with Crippen LogP contribution in [0, 0.1) is 12.8 Å². The van der Waals surface area contributed by atoms with Crippen molar-refractivity contribution in [2.75, 3.05) is 27.3 Å². The van der Waals surface area contributed by atoms with E-state index in [1.807, 2.05) is 19.0 Å². The molecule has 4 nitrogen and oxygen atoms in total. The summed E-state index contributed by atoms with van der Waals surface area (Å²) in [6.45, 7) is 5.30. The van der Waals surface area contributed by atoms with Gasteiger partial charge in [-0.25, -0.2) is 0 Å². The fourth-order valence-corrected chi connectivity index (χ4v) is 3.38. The summed E-state index contributed by atoms with van der Waals surface area (Å²) in [5, 5.41) is 3.16. The quantitative estimate of drug-likeness (QED) is 0.916. The molecule has 2 heterocycles. The van der Waals surface area contributed by atoms with E-state index in [1.165, 1.54) is 9.75 Å². The van der Waals surface area contributed by atoms with Crippen molar-refractivity contribution >= 4 is 17.2 Å². The van der Waals surface area contributed by atoms with Gasteiger partial charge >= 0.3 is 0 Å². The van der Waals surface area contributed by atoms with Crippen LogP contribution in [0.15, 0.2) is 12.1 Å². The molecule has 1 fully saturated rings. The third-order valence-electron chi connectivity index (χ3n) is 3.87. The maximum absolute atomic E-state index is 12.5. The van der Waals surface area contributed by atoms with Crippen molar-refractivity contribution in [2.24, 2.45) is 5.92 Å². The Bertz CT molecular complexity index is 446. The lowest BCUT2D eigenvalue weighted by Crippen LogP contribution is -2.44. The molecule has 0 radical (unpaired) electrons. The minimum absolute atomic E-state index is 0.0708.